The summed E-state index contributed by atoms with van der Waals surface area (Å²) in [6, 6.07) is 1.12. The first-order valence-corrected chi connectivity index (χ1v) is 5.49. The van der Waals surface area contributed by atoms with Crippen LogP contribution in [-0.2, 0) is 0 Å². The Hall–Kier alpha value is -0.0800. The molecular formula is C11H24N2. The Bertz CT molecular complexity index is 145. The number of hydrogen-bond acceptors (Lipinski definition) is 2. The van der Waals surface area contributed by atoms with Gasteiger partial charge in [0, 0.05) is 12.1 Å². The molecule has 0 aliphatic heterocycles. The first-order chi connectivity index (χ1) is 6.00. The van der Waals surface area contributed by atoms with Crippen molar-refractivity contribution in [1.82, 2.24) is 5.32 Å². The van der Waals surface area contributed by atoms with Gasteiger partial charge in [-0.1, -0.05) is 27.2 Å². The van der Waals surface area contributed by atoms with Crippen molar-refractivity contribution in [1.29, 1.82) is 0 Å². The van der Waals surface area contributed by atoms with E-state index >= 15 is 0 Å². The van der Waals surface area contributed by atoms with Crippen LogP contribution in [0.1, 0.15) is 46.5 Å². The van der Waals surface area contributed by atoms with Gasteiger partial charge in [-0.05, 0) is 31.2 Å². The van der Waals surface area contributed by atoms with E-state index in [1.165, 1.54) is 19.3 Å². The number of nitrogens with two attached hydrogens (primary N) is 1. The van der Waals surface area contributed by atoms with Gasteiger partial charge in [-0.2, -0.15) is 0 Å². The molecule has 0 aromatic heterocycles. The van der Waals surface area contributed by atoms with Gasteiger partial charge in [0.05, 0.1) is 0 Å². The summed E-state index contributed by atoms with van der Waals surface area (Å²) in [4.78, 5) is 0. The van der Waals surface area contributed by atoms with Crippen LogP contribution in [0.15, 0.2) is 0 Å². The Balaban J connectivity index is 2.04. The predicted octanol–water partition coefficient (Wildman–Crippen LogP) is 1.89. The molecule has 1 aliphatic carbocycles. The number of nitrogens with one attached hydrogen (secondary N) is 1. The molecular weight excluding hydrogens is 160 g/mol. The summed E-state index contributed by atoms with van der Waals surface area (Å²) >= 11 is 0. The highest BCUT2D eigenvalue weighted by atomic mass is 14.9. The molecule has 1 fully saturated rings. The van der Waals surface area contributed by atoms with Crippen LogP contribution in [0.4, 0.5) is 0 Å². The van der Waals surface area contributed by atoms with E-state index in [1.807, 2.05) is 0 Å². The van der Waals surface area contributed by atoms with Gasteiger partial charge >= 0.3 is 0 Å². The molecule has 2 heteroatoms. The Morgan fingerprint density at radius 1 is 1.38 bits per heavy atom. The minimum Gasteiger partial charge on any atom is -0.327 e. The van der Waals surface area contributed by atoms with E-state index in [4.69, 9.17) is 5.73 Å². The van der Waals surface area contributed by atoms with E-state index in [2.05, 4.69) is 26.1 Å². The van der Waals surface area contributed by atoms with E-state index in [0.717, 1.165) is 19.0 Å². The maximum atomic E-state index is 6.06. The molecule has 1 atom stereocenters. The molecule has 1 saturated carbocycles. The van der Waals surface area contributed by atoms with Gasteiger partial charge in [0.25, 0.3) is 0 Å². The lowest BCUT2D eigenvalue weighted by molar-refractivity contribution is 0.282. The number of hydrogen-bond donors (Lipinski definition) is 2. The second-order valence-electron chi connectivity index (χ2n) is 5.34. The van der Waals surface area contributed by atoms with Crippen LogP contribution < -0.4 is 11.1 Å². The Kier molecular flexibility index (Phi) is 3.74. The quantitative estimate of drug-likeness (QED) is 0.700. The smallest absolute Gasteiger partial charge is 0.00997 e. The highest BCUT2D eigenvalue weighted by Gasteiger charge is 2.21. The van der Waals surface area contributed by atoms with E-state index in [9.17, 15) is 0 Å². The molecule has 78 valence electrons. The van der Waals surface area contributed by atoms with Gasteiger partial charge < -0.3 is 11.1 Å². The maximum absolute atomic E-state index is 6.06. The van der Waals surface area contributed by atoms with E-state index in [-0.39, 0.29) is 5.41 Å². The fourth-order valence-electron chi connectivity index (χ4n) is 1.49. The minimum absolute atomic E-state index is 0.251. The van der Waals surface area contributed by atoms with Crippen molar-refractivity contribution in [2.24, 2.45) is 11.1 Å². The van der Waals surface area contributed by atoms with Gasteiger partial charge in [-0.3, -0.25) is 0 Å². The van der Waals surface area contributed by atoms with Crippen molar-refractivity contribution in [3.63, 3.8) is 0 Å². The zero-order valence-electron chi connectivity index (χ0n) is 9.27. The molecule has 0 amide bonds. The average Bonchev–Trinajstić information content (AvgIpc) is 1.91. The standard InChI is InChI=1S/C11H24N2/c1-11(2,3)10(12)7-8-13-9-5-4-6-9/h9-10,13H,4-8,12H2,1-3H3. The van der Waals surface area contributed by atoms with Crippen LogP contribution >= 0.6 is 0 Å². The monoisotopic (exact) mass is 184 g/mol. The van der Waals surface area contributed by atoms with Crippen molar-refractivity contribution < 1.29 is 0 Å². The zero-order chi connectivity index (χ0) is 9.90. The van der Waals surface area contributed by atoms with Crippen LogP contribution in [-0.4, -0.2) is 18.6 Å². The molecule has 0 aromatic carbocycles. The second kappa shape index (κ2) is 4.43. The van der Waals surface area contributed by atoms with E-state index in [0.29, 0.717) is 6.04 Å². The fraction of sp³-hybridized carbons (Fsp3) is 1.00. The van der Waals surface area contributed by atoms with Crippen molar-refractivity contribution in [3.05, 3.63) is 0 Å². The minimum atomic E-state index is 0.251. The van der Waals surface area contributed by atoms with Crippen LogP contribution in [0.2, 0.25) is 0 Å². The predicted molar refractivity (Wildman–Crippen MR) is 57.7 cm³/mol. The average molecular weight is 184 g/mol. The molecule has 0 spiro atoms. The molecule has 1 aliphatic rings. The fourth-order valence-corrected chi connectivity index (χ4v) is 1.49. The largest absolute Gasteiger partial charge is 0.327 e. The van der Waals surface area contributed by atoms with Crippen LogP contribution in [0.3, 0.4) is 0 Å². The summed E-state index contributed by atoms with van der Waals surface area (Å²) in [6.07, 6.45) is 5.23. The summed E-state index contributed by atoms with van der Waals surface area (Å²) in [7, 11) is 0. The van der Waals surface area contributed by atoms with Crippen molar-refractivity contribution in [2.45, 2.75) is 58.5 Å². The molecule has 1 unspecified atom stereocenters. The van der Waals surface area contributed by atoms with Gasteiger partial charge in [0.1, 0.15) is 0 Å². The molecule has 13 heavy (non-hydrogen) atoms. The van der Waals surface area contributed by atoms with Crippen LogP contribution in [0.5, 0.6) is 0 Å². The summed E-state index contributed by atoms with van der Waals surface area (Å²) in [5.41, 5.74) is 6.31. The first kappa shape index (κ1) is 11.0. The topological polar surface area (TPSA) is 38.0 Å². The third-order valence-electron chi connectivity index (χ3n) is 3.11. The van der Waals surface area contributed by atoms with Gasteiger partial charge in [-0.15, -0.1) is 0 Å². The molecule has 1 rings (SSSR count). The third-order valence-corrected chi connectivity index (χ3v) is 3.11. The van der Waals surface area contributed by atoms with Gasteiger partial charge in [0.2, 0.25) is 0 Å². The van der Waals surface area contributed by atoms with E-state index in [1.54, 1.807) is 0 Å². The van der Waals surface area contributed by atoms with Crippen LogP contribution in [0, 0.1) is 5.41 Å². The zero-order valence-corrected chi connectivity index (χ0v) is 9.27. The van der Waals surface area contributed by atoms with Crippen molar-refractivity contribution in [3.8, 4) is 0 Å². The number of rotatable bonds is 4. The van der Waals surface area contributed by atoms with Gasteiger partial charge in [-0.25, -0.2) is 0 Å². The lowest BCUT2D eigenvalue weighted by Crippen LogP contribution is -2.41. The Morgan fingerprint density at radius 3 is 2.38 bits per heavy atom. The molecule has 0 radical (unpaired) electrons. The van der Waals surface area contributed by atoms with E-state index < -0.39 is 0 Å². The van der Waals surface area contributed by atoms with Gasteiger partial charge in [0.15, 0.2) is 0 Å². The lowest BCUT2D eigenvalue weighted by Gasteiger charge is -2.30. The first-order valence-electron chi connectivity index (χ1n) is 5.49. The normalized spacial score (nSPS) is 21.2. The summed E-state index contributed by atoms with van der Waals surface area (Å²) in [5.74, 6) is 0. The Labute approximate surface area is 82.3 Å². The molecule has 0 saturated heterocycles. The maximum Gasteiger partial charge on any atom is 0.00997 e. The molecule has 0 heterocycles. The summed E-state index contributed by atoms with van der Waals surface area (Å²) in [5, 5.41) is 3.54. The Morgan fingerprint density at radius 2 is 2.00 bits per heavy atom. The highest BCUT2D eigenvalue weighted by Crippen LogP contribution is 2.20. The molecule has 0 bridgehead atoms. The van der Waals surface area contributed by atoms with Crippen molar-refractivity contribution in [2.75, 3.05) is 6.54 Å². The summed E-state index contributed by atoms with van der Waals surface area (Å²) < 4.78 is 0. The van der Waals surface area contributed by atoms with Crippen LogP contribution in [0.25, 0.3) is 0 Å². The van der Waals surface area contributed by atoms with Crippen molar-refractivity contribution >= 4 is 0 Å². The lowest BCUT2D eigenvalue weighted by atomic mass is 9.85. The molecule has 3 N–H and O–H groups in total. The summed E-state index contributed by atoms with van der Waals surface area (Å²) in [6.45, 7) is 7.71. The molecule has 0 aromatic rings. The molecule has 2 nitrogen and oxygen atoms in total. The SMILES string of the molecule is CC(C)(C)C(N)CCNC1CCC1. The third kappa shape index (κ3) is 3.65. The second-order valence-corrected chi connectivity index (χ2v) is 5.34. The highest BCUT2D eigenvalue weighted by molar-refractivity contribution is 4.80.